The molecule has 27 heavy (non-hydrogen) atoms. The first-order valence-corrected chi connectivity index (χ1v) is 11.4. The molecule has 3 rings (SSSR count). The minimum Gasteiger partial charge on any atom is -0.457 e. The number of benzene rings is 3. The van der Waals surface area contributed by atoms with Crippen LogP contribution in [0.15, 0.2) is 87.5 Å². The predicted molar refractivity (Wildman–Crippen MR) is 103 cm³/mol. The highest BCUT2D eigenvalue weighted by atomic mass is 32.2. The summed E-state index contributed by atoms with van der Waals surface area (Å²) in [4.78, 5) is 0.610. The average molecular weight is 402 g/mol. The van der Waals surface area contributed by atoms with Crippen molar-refractivity contribution in [1.82, 2.24) is 0 Å². The highest BCUT2D eigenvalue weighted by Crippen LogP contribution is 2.26. The van der Waals surface area contributed by atoms with E-state index in [1.165, 1.54) is 24.3 Å². The Bertz CT molecular complexity index is 1140. The van der Waals surface area contributed by atoms with Gasteiger partial charge in [-0.1, -0.05) is 17.7 Å². The van der Waals surface area contributed by atoms with E-state index in [1.54, 1.807) is 48.5 Å². The number of ether oxygens (including phenoxy) is 1. The fraction of sp³-hybridized carbons (Fsp3) is 0.100. The van der Waals surface area contributed by atoms with Crippen LogP contribution in [0.4, 0.5) is 0 Å². The topological polar surface area (TPSA) is 77.5 Å². The van der Waals surface area contributed by atoms with Gasteiger partial charge in [-0.05, 0) is 67.6 Å². The zero-order valence-electron chi connectivity index (χ0n) is 14.8. The second kappa shape index (κ2) is 7.17. The summed E-state index contributed by atoms with van der Waals surface area (Å²) in [6, 6.07) is 18.8. The van der Waals surface area contributed by atoms with E-state index in [0.717, 1.165) is 11.8 Å². The smallest absolute Gasteiger partial charge is 0.206 e. The van der Waals surface area contributed by atoms with E-state index in [-0.39, 0.29) is 14.7 Å². The number of hydrogen-bond acceptors (Lipinski definition) is 5. The van der Waals surface area contributed by atoms with Crippen molar-refractivity contribution >= 4 is 19.7 Å². The normalized spacial score (nSPS) is 11.9. The first-order valence-electron chi connectivity index (χ1n) is 8.06. The Labute approximate surface area is 159 Å². The number of hydrogen-bond donors (Lipinski definition) is 0. The van der Waals surface area contributed by atoms with Crippen molar-refractivity contribution in [2.24, 2.45) is 0 Å². The molecule has 0 aliphatic rings. The largest absolute Gasteiger partial charge is 0.457 e. The molecule has 5 nitrogen and oxygen atoms in total. The van der Waals surface area contributed by atoms with E-state index in [4.69, 9.17) is 4.74 Å². The van der Waals surface area contributed by atoms with Gasteiger partial charge in [0.25, 0.3) is 0 Å². The molecule has 0 unspecified atom stereocenters. The average Bonchev–Trinajstić information content (AvgIpc) is 2.62. The summed E-state index contributed by atoms with van der Waals surface area (Å²) in [5.41, 5.74) is 0.986. The molecule has 0 N–H and O–H groups in total. The maximum atomic E-state index is 12.6. The minimum atomic E-state index is -3.59. The standard InChI is InChI=1S/C20H18O5S2/c1-15-3-9-19(10-4-15)27(23,24)20-13-7-17(8-14-20)25-16-5-11-18(12-6-16)26(2,21)22/h3-14H,1-2H3. The lowest BCUT2D eigenvalue weighted by molar-refractivity contribution is 0.481. The maximum absolute atomic E-state index is 12.6. The van der Waals surface area contributed by atoms with Crippen molar-refractivity contribution in [3.63, 3.8) is 0 Å². The van der Waals surface area contributed by atoms with Gasteiger partial charge in [-0.2, -0.15) is 0 Å². The van der Waals surface area contributed by atoms with E-state index in [2.05, 4.69) is 0 Å². The number of rotatable bonds is 5. The highest BCUT2D eigenvalue weighted by Gasteiger charge is 2.17. The first-order chi connectivity index (χ1) is 12.7. The van der Waals surface area contributed by atoms with Crippen LogP contribution in [-0.2, 0) is 19.7 Å². The lowest BCUT2D eigenvalue weighted by atomic mass is 10.2. The van der Waals surface area contributed by atoms with E-state index < -0.39 is 19.7 Å². The lowest BCUT2D eigenvalue weighted by Gasteiger charge is -2.08. The molecule has 0 spiro atoms. The molecular weight excluding hydrogens is 384 g/mol. The Hall–Kier alpha value is -2.64. The molecule has 0 aliphatic carbocycles. The molecular formula is C20H18O5S2. The van der Waals surface area contributed by atoms with Gasteiger partial charge in [0.2, 0.25) is 9.84 Å². The van der Waals surface area contributed by atoms with Crippen molar-refractivity contribution in [3.05, 3.63) is 78.4 Å². The quantitative estimate of drug-likeness (QED) is 0.644. The van der Waals surface area contributed by atoms with E-state index in [0.29, 0.717) is 11.5 Å². The van der Waals surface area contributed by atoms with Gasteiger partial charge < -0.3 is 4.74 Å². The van der Waals surface area contributed by atoms with Crippen LogP contribution in [0.1, 0.15) is 5.56 Å². The maximum Gasteiger partial charge on any atom is 0.206 e. The van der Waals surface area contributed by atoms with Crippen LogP contribution in [-0.4, -0.2) is 23.1 Å². The van der Waals surface area contributed by atoms with Crippen LogP contribution in [0, 0.1) is 6.92 Å². The Balaban J connectivity index is 1.80. The molecule has 3 aromatic carbocycles. The van der Waals surface area contributed by atoms with Crippen molar-refractivity contribution in [2.45, 2.75) is 21.6 Å². The Morgan fingerprint density at radius 2 is 0.963 bits per heavy atom. The third-order valence-electron chi connectivity index (χ3n) is 3.95. The molecule has 0 saturated heterocycles. The minimum absolute atomic E-state index is 0.172. The fourth-order valence-corrected chi connectivity index (χ4v) is 4.32. The van der Waals surface area contributed by atoms with Crippen molar-refractivity contribution in [1.29, 1.82) is 0 Å². The van der Waals surface area contributed by atoms with E-state index >= 15 is 0 Å². The SMILES string of the molecule is Cc1ccc(S(=O)(=O)c2ccc(Oc3ccc(S(C)(=O)=O)cc3)cc2)cc1. The van der Waals surface area contributed by atoms with Gasteiger partial charge in [0, 0.05) is 6.26 Å². The zero-order valence-corrected chi connectivity index (χ0v) is 16.4. The van der Waals surface area contributed by atoms with E-state index in [9.17, 15) is 16.8 Å². The van der Waals surface area contributed by atoms with Crippen LogP contribution in [0.3, 0.4) is 0 Å². The molecule has 7 heteroatoms. The zero-order chi connectivity index (χ0) is 19.7. The molecule has 140 valence electrons. The number of aryl methyl sites for hydroxylation is 1. The van der Waals surface area contributed by atoms with Gasteiger partial charge in [0.15, 0.2) is 9.84 Å². The Morgan fingerprint density at radius 1 is 0.593 bits per heavy atom. The molecule has 0 heterocycles. The third-order valence-corrected chi connectivity index (χ3v) is 6.87. The summed E-state index contributed by atoms with van der Waals surface area (Å²) in [6.07, 6.45) is 1.13. The first kappa shape index (κ1) is 19.1. The second-order valence-electron chi connectivity index (χ2n) is 6.13. The van der Waals surface area contributed by atoms with Crippen LogP contribution >= 0.6 is 0 Å². The monoisotopic (exact) mass is 402 g/mol. The summed E-state index contributed by atoms with van der Waals surface area (Å²) < 4.78 is 53.9. The van der Waals surface area contributed by atoms with Gasteiger partial charge in [0.1, 0.15) is 11.5 Å². The summed E-state index contributed by atoms with van der Waals surface area (Å²) in [5, 5.41) is 0. The molecule has 0 atom stereocenters. The second-order valence-corrected chi connectivity index (χ2v) is 10.1. The predicted octanol–water partition coefficient (Wildman–Crippen LogP) is 4.02. The molecule has 0 saturated carbocycles. The molecule has 0 fully saturated rings. The Kier molecular flexibility index (Phi) is 5.08. The third kappa shape index (κ3) is 4.37. The molecule has 0 aromatic heterocycles. The van der Waals surface area contributed by atoms with E-state index in [1.807, 2.05) is 6.92 Å². The molecule has 0 aliphatic heterocycles. The van der Waals surface area contributed by atoms with Gasteiger partial charge in [-0.15, -0.1) is 0 Å². The fourth-order valence-electron chi connectivity index (χ4n) is 2.43. The molecule has 0 amide bonds. The summed E-state index contributed by atoms with van der Waals surface area (Å²) >= 11 is 0. The van der Waals surface area contributed by atoms with Crippen molar-refractivity contribution in [3.8, 4) is 11.5 Å². The summed E-state index contributed by atoms with van der Waals surface area (Å²) in [7, 11) is -6.86. The van der Waals surface area contributed by atoms with Gasteiger partial charge >= 0.3 is 0 Å². The summed E-state index contributed by atoms with van der Waals surface area (Å²) in [6.45, 7) is 1.89. The van der Waals surface area contributed by atoms with Gasteiger partial charge in [-0.25, -0.2) is 16.8 Å². The van der Waals surface area contributed by atoms with Gasteiger partial charge in [-0.3, -0.25) is 0 Å². The van der Waals surface area contributed by atoms with Gasteiger partial charge in [0.05, 0.1) is 14.7 Å². The highest BCUT2D eigenvalue weighted by molar-refractivity contribution is 7.91. The van der Waals surface area contributed by atoms with Crippen molar-refractivity contribution in [2.75, 3.05) is 6.26 Å². The van der Waals surface area contributed by atoms with Crippen LogP contribution in [0.5, 0.6) is 11.5 Å². The molecule has 0 bridgehead atoms. The number of sulfone groups is 2. The van der Waals surface area contributed by atoms with Crippen LogP contribution in [0.25, 0.3) is 0 Å². The lowest BCUT2D eigenvalue weighted by Crippen LogP contribution is -2.01. The van der Waals surface area contributed by atoms with Crippen LogP contribution < -0.4 is 4.74 Å². The Morgan fingerprint density at radius 3 is 1.37 bits per heavy atom. The van der Waals surface area contributed by atoms with Crippen molar-refractivity contribution < 1.29 is 21.6 Å². The molecule has 3 aromatic rings. The summed E-state index contributed by atoms with van der Waals surface area (Å²) in [5.74, 6) is 0.904. The van der Waals surface area contributed by atoms with Crippen LogP contribution in [0.2, 0.25) is 0 Å². The molecule has 0 radical (unpaired) electrons.